The first-order chi connectivity index (χ1) is 23.2. The van der Waals surface area contributed by atoms with Gasteiger partial charge in [0.15, 0.2) is 11.4 Å². The van der Waals surface area contributed by atoms with Gasteiger partial charge in [-0.1, -0.05) is 59.6 Å². The summed E-state index contributed by atoms with van der Waals surface area (Å²) in [4.78, 5) is 44.9. The lowest BCUT2D eigenvalue weighted by Crippen LogP contribution is -2.63. The molecule has 3 fully saturated rings. The number of nitrogens with one attached hydrogen (secondary N) is 2. The second-order valence-corrected chi connectivity index (χ2v) is 13.2. The van der Waals surface area contributed by atoms with E-state index in [0.717, 1.165) is 24.0 Å². The molecule has 0 radical (unpaired) electrons. The van der Waals surface area contributed by atoms with Gasteiger partial charge in [0.2, 0.25) is 0 Å². The Labute approximate surface area is 291 Å². The number of ether oxygens (including phenoxy) is 2. The highest BCUT2D eigenvalue weighted by molar-refractivity contribution is 6.30. The number of morpholine rings is 1. The van der Waals surface area contributed by atoms with Gasteiger partial charge >= 0.3 is 0 Å². The Bertz CT molecular complexity index is 1560. The second-order valence-electron chi connectivity index (χ2n) is 12.4. The first-order valence-electron chi connectivity index (χ1n) is 16.4. The molecule has 3 aromatic rings. The Balaban J connectivity index is 1.38. The van der Waals surface area contributed by atoms with Gasteiger partial charge in [0.25, 0.3) is 5.91 Å². The van der Waals surface area contributed by atoms with Gasteiger partial charge in [0.1, 0.15) is 18.3 Å². The largest absolute Gasteiger partial charge is 0.493 e. The minimum Gasteiger partial charge on any atom is -0.493 e. The van der Waals surface area contributed by atoms with E-state index >= 15 is 4.79 Å². The van der Waals surface area contributed by atoms with Crippen LogP contribution in [0.1, 0.15) is 53.0 Å². The van der Waals surface area contributed by atoms with Crippen molar-refractivity contribution < 1.29 is 23.9 Å². The summed E-state index contributed by atoms with van der Waals surface area (Å²) in [7, 11) is 0. The SMILES string of the molecule is CCOc1cc(C(C)=O)ccc1C1(C(=O)N2CCN(C3CN(CC=O)CCO3)CC2)N[C@H](c2ccc(Cl)cc2)[C@H](c2ccc(Cl)cc2)N1. The Morgan fingerprint density at radius 2 is 1.52 bits per heavy atom. The van der Waals surface area contributed by atoms with E-state index in [4.69, 9.17) is 32.7 Å². The summed E-state index contributed by atoms with van der Waals surface area (Å²) in [6, 6.07) is 19.8. The number of carbonyl (C=O) groups is 3. The van der Waals surface area contributed by atoms with Gasteiger partial charge in [-0.05, 0) is 55.3 Å². The summed E-state index contributed by atoms with van der Waals surface area (Å²) in [5.41, 5.74) is 1.56. The number of rotatable bonds is 10. The van der Waals surface area contributed by atoms with Crippen LogP contribution in [0.4, 0.5) is 0 Å². The summed E-state index contributed by atoms with van der Waals surface area (Å²) in [6.07, 6.45) is 0.786. The zero-order chi connectivity index (χ0) is 33.8. The van der Waals surface area contributed by atoms with E-state index in [-0.39, 0.29) is 30.0 Å². The highest BCUT2D eigenvalue weighted by Crippen LogP contribution is 2.45. The topological polar surface area (TPSA) is 103 Å². The van der Waals surface area contributed by atoms with Crippen molar-refractivity contribution in [3.8, 4) is 5.75 Å². The fourth-order valence-corrected chi connectivity index (χ4v) is 7.16. The van der Waals surface area contributed by atoms with E-state index in [1.54, 1.807) is 12.1 Å². The monoisotopic (exact) mass is 693 g/mol. The van der Waals surface area contributed by atoms with E-state index in [2.05, 4.69) is 20.4 Å². The maximum absolute atomic E-state index is 15.1. The Hall–Kier alpha value is -3.35. The van der Waals surface area contributed by atoms with Crippen molar-refractivity contribution in [2.24, 2.45) is 0 Å². The zero-order valence-electron chi connectivity index (χ0n) is 27.2. The number of piperazine rings is 1. The van der Waals surface area contributed by atoms with Gasteiger partial charge in [-0.15, -0.1) is 0 Å². The van der Waals surface area contributed by atoms with Crippen LogP contribution in [0.2, 0.25) is 10.0 Å². The first-order valence-corrected chi connectivity index (χ1v) is 17.1. The third-order valence-electron chi connectivity index (χ3n) is 9.42. The normalized spacial score (nSPS) is 25.2. The maximum Gasteiger partial charge on any atom is 0.262 e. The standard InChI is InChI=1S/C36H41Cl2N5O5/c1-3-47-31-22-27(24(2)45)8-13-30(31)36(35(46)43-16-14-42(15-17-43)32-23-41(18-20-44)19-21-48-32)39-33(25-4-9-28(37)10-5-25)34(40-36)26-6-11-29(38)12-7-26/h4-13,20,22,32-34,39-40H,3,14-19,21,23H2,1-2H3/t32?,33-,34+,36?. The molecule has 254 valence electrons. The molecule has 3 aliphatic rings. The number of Topliss-reactive ketones (excluding diaryl/α,β-unsaturated/α-hetero) is 1. The fraction of sp³-hybridized carbons (Fsp3) is 0.417. The minimum atomic E-state index is -1.42. The molecule has 4 atom stereocenters. The summed E-state index contributed by atoms with van der Waals surface area (Å²) < 4.78 is 12.2. The van der Waals surface area contributed by atoms with E-state index in [1.807, 2.05) is 66.4 Å². The number of hydrogen-bond donors (Lipinski definition) is 2. The molecule has 2 unspecified atom stereocenters. The predicted octanol–water partition coefficient (Wildman–Crippen LogP) is 4.42. The molecule has 6 rings (SSSR count). The van der Waals surface area contributed by atoms with Gasteiger partial charge in [0, 0.05) is 60.4 Å². The lowest BCUT2D eigenvalue weighted by Gasteiger charge is -2.44. The van der Waals surface area contributed by atoms with Crippen molar-refractivity contribution in [1.82, 2.24) is 25.3 Å². The third kappa shape index (κ3) is 7.16. The molecule has 0 bridgehead atoms. The van der Waals surface area contributed by atoms with Crippen LogP contribution >= 0.6 is 23.2 Å². The predicted molar refractivity (Wildman–Crippen MR) is 184 cm³/mol. The number of nitrogens with zero attached hydrogens (tertiary/aromatic N) is 3. The molecule has 12 heteroatoms. The van der Waals surface area contributed by atoms with Crippen LogP contribution in [0.3, 0.4) is 0 Å². The number of amides is 1. The van der Waals surface area contributed by atoms with Gasteiger partial charge in [-0.3, -0.25) is 30.0 Å². The molecular weight excluding hydrogens is 653 g/mol. The molecule has 48 heavy (non-hydrogen) atoms. The van der Waals surface area contributed by atoms with E-state index in [9.17, 15) is 9.59 Å². The van der Waals surface area contributed by atoms with Crippen LogP contribution in [0.15, 0.2) is 66.7 Å². The van der Waals surface area contributed by atoms with E-state index in [0.29, 0.717) is 79.4 Å². The lowest BCUT2D eigenvalue weighted by atomic mass is 9.94. The van der Waals surface area contributed by atoms with Gasteiger partial charge in [-0.25, -0.2) is 0 Å². The average molecular weight is 695 g/mol. The average Bonchev–Trinajstić information content (AvgIpc) is 3.51. The van der Waals surface area contributed by atoms with E-state index < -0.39 is 5.66 Å². The van der Waals surface area contributed by atoms with E-state index in [1.165, 1.54) is 6.92 Å². The Kier molecular flexibility index (Phi) is 10.8. The van der Waals surface area contributed by atoms with Crippen molar-refractivity contribution in [3.63, 3.8) is 0 Å². The smallest absolute Gasteiger partial charge is 0.262 e. The fourth-order valence-electron chi connectivity index (χ4n) is 6.91. The highest BCUT2D eigenvalue weighted by Gasteiger charge is 2.54. The second kappa shape index (κ2) is 15.0. The van der Waals surface area contributed by atoms with Crippen molar-refractivity contribution in [1.29, 1.82) is 0 Å². The number of hydrogen-bond acceptors (Lipinski definition) is 9. The summed E-state index contributed by atoms with van der Waals surface area (Å²) in [6.45, 7) is 8.23. The number of ketones is 1. The van der Waals surface area contributed by atoms with Crippen LogP contribution in [0.25, 0.3) is 0 Å². The number of benzene rings is 3. The molecule has 3 aromatic carbocycles. The summed E-state index contributed by atoms with van der Waals surface area (Å²) >= 11 is 12.6. The molecule has 3 aliphatic heterocycles. The van der Waals surface area contributed by atoms with Gasteiger partial charge < -0.3 is 19.2 Å². The minimum absolute atomic E-state index is 0.0962. The molecule has 0 spiro atoms. The van der Waals surface area contributed by atoms with Crippen LogP contribution in [-0.4, -0.2) is 97.9 Å². The maximum atomic E-state index is 15.1. The van der Waals surface area contributed by atoms with Crippen LogP contribution in [-0.2, 0) is 20.0 Å². The van der Waals surface area contributed by atoms with Crippen LogP contribution < -0.4 is 15.4 Å². The first kappa shape index (κ1) is 34.5. The third-order valence-corrected chi connectivity index (χ3v) is 9.93. The molecule has 0 aliphatic carbocycles. The molecule has 0 aromatic heterocycles. The number of halogens is 2. The van der Waals surface area contributed by atoms with Crippen molar-refractivity contribution >= 4 is 41.2 Å². The molecule has 0 saturated carbocycles. The number of aldehydes is 1. The highest BCUT2D eigenvalue weighted by atomic mass is 35.5. The molecule has 2 N–H and O–H groups in total. The summed E-state index contributed by atoms with van der Waals surface area (Å²) in [5.74, 6) is 0.206. The quantitative estimate of drug-likeness (QED) is 0.236. The van der Waals surface area contributed by atoms with Crippen molar-refractivity contribution in [2.75, 3.05) is 59.0 Å². The molecule has 10 nitrogen and oxygen atoms in total. The molecular formula is C36H41Cl2N5O5. The van der Waals surface area contributed by atoms with Gasteiger partial charge in [0.05, 0.1) is 31.8 Å². The molecule has 1 amide bonds. The molecule has 3 saturated heterocycles. The lowest BCUT2D eigenvalue weighted by molar-refractivity contribution is -0.149. The van der Waals surface area contributed by atoms with Gasteiger partial charge in [-0.2, -0.15) is 0 Å². The Morgan fingerprint density at radius 1 is 0.917 bits per heavy atom. The van der Waals surface area contributed by atoms with Crippen molar-refractivity contribution in [2.45, 2.75) is 37.8 Å². The van der Waals surface area contributed by atoms with Crippen LogP contribution in [0.5, 0.6) is 5.75 Å². The Morgan fingerprint density at radius 3 is 2.06 bits per heavy atom. The number of carbonyl (C=O) groups excluding carboxylic acids is 3. The zero-order valence-corrected chi connectivity index (χ0v) is 28.7. The molecule has 3 heterocycles. The summed E-state index contributed by atoms with van der Waals surface area (Å²) in [5, 5.41) is 8.70. The van der Waals surface area contributed by atoms with Crippen molar-refractivity contribution in [3.05, 3.63) is 99.0 Å². The van der Waals surface area contributed by atoms with Crippen LogP contribution in [0, 0.1) is 0 Å².